The van der Waals surface area contributed by atoms with E-state index in [1.54, 1.807) is 0 Å². The van der Waals surface area contributed by atoms with Crippen LogP contribution in [0.4, 0.5) is 0 Å². The number of piperidine rings is 1. The van der Waals surface area contributed by atoms with Gasteiger partial charge in [-0.2, -0.15) is 0 Å². The van der Waals surface area contributed by atoms with Gasteiger partial charge < -0.3 is 10.6 Å². The molecule has 70 valence electrons. The molecule has 1 saturated carbocycles. The Morgan fingerprint density at radius 2 is 2.17 bits per heavy atom. The van der Waals surface area contributed by atoms with E-state index in [4.69, 9.17) is 0 Å². The summed E-state index contributed by atoms with van der Waals surface area (Å²) in [5.41, 5.74) is 0. The normalized spacial score (nSPS) is 30.5. The predicted molar refractivity (Wildman–Crippen MR) is 51.2 cm³/mol. The van der Waals surface area contributed by atoms with Crippen molar-refractivity contribution in [1.29, 1.82) is 0 Å². The third kappa shape index (κ3) is 2.76. The average Bonchev–Trinajstić information content (AvgIpc) is 2.90. The van der Waals surface area contributed by atoms with Crippen LogP contribution in [-0.4, -0.2) is 25.7 Å². The van der Waals surface area contributed by atoms with Gasteiger partial charge in [-0.3, -0.25) is 0 Å². The third-order valence-corrected chi connectivity index (χ3v) is 2.96. The second-order valence-corrected chi connectivity index (χ2v) is 4.23. The maximum atomic E-state index is 3.58. The lowest BCUT2D eigenvalue weighted by Crippen LogP contribution is -2.32. The molecule has 1 aliphatic heterocycles. The summed E-state index contributed by atoms with van der Waals surface area (Å²) >= 11 is 0. The van der Waals surface area contributed by atoms with Crippen molar-refractivity contribution in [3.63, 3.8) is 0 Å². The van der Waals surface area contributed by atoms with Gasteiger partial charge in [-0.05, 0) is 57.7 Å². The van der Waals surface area contributed by atoms with Crippen LogP contribution in [0.5, 0.6) is 0 Å². The molecule has 0 radical (unpaired) electrons. The standard InChI is InChI=1S/C10H20N2/c1-2-9(8-11-6-1)5-7-12-10-3-4-10/h9-12H,1-8H2. The Labute approximate surface area is 75.1 Å². The monoisotopic (exact) mass is 168 g/mol. The zero-order valence-electron chi connectivity index (χ0n) is 7.81. The Kier molecular flexibility index (Phi) is 3.01. The molecule has 12 heavy (non-hydrogen) atoms. The maximum absolute atomic E-state index is 3.58. The highest BCUT2D eigenvalue weighted by Gasteiger charge is 2.20. The van der Waals surface area contributed by atoms with Crippen molar-refractivity contribution in [2.75, 3.05) is 19.6 Å². The van der Waals surface area contributed by atoms with E-state index < -0.39 is 0 Å². The Morgan fingerprint density at radius 1 is 1.25 bits per heavy atom. The second-order valence-electron chi connectivity index (χ2n) is 4.23. The van der Waals surface area contributed by atoms with Gasteiger partial charge in [-0.25, -0.2) is 0 Å². The van der Waals surface area contributed by atoms with Gasteiger partial charge in [0.05, 0.1) is 0 Å². The van der Waals surface area contributed by atoms with Crippen LogP contribution >= 0.6 is 0 Å². The third-order valence-electron chi connectivity index (χ3n) is 2.96. The van der Waals surface area contributed by atoms with E-state index in [1.165, 1.54) is 51.7 Å². The van der Waals surface area contributed by atoms with Crippen molar-refractivity contribution in [2.45, 2.75) is 38.1 Å². The number of hydrogen-bond acceptors (Lipinski definition) is 2. The Bertz CT molecular complexity index is 126. The first-order valence-electron chi connectivity index (χ1n) is 5.39. The summed E-state index contributed by atoms with van der Waals surface area (Å²) in [6.07, 6.45) is 7.04. The zero-order chi connectivity index (χ0) is 8.23. The molecule has 1 saturated heterocycles. The van der Waals surface area contributed by atoms with E-state index in [-0.39, 0.29) is 0 Å². The van der Waals surface area contributed by atoms with Crippen molar-refractivity contribution in [3.05, 3.63) is 0 Å². The van der Waals surface area contributed by atoms with Gasteiger partial charge in [-0.1, -0.05) is 0 Å². The highest BCUT2D eigenvalue weighted by atomic mass is 14.9. The molecule has 2 aliphatic rings. The van der Waals surface area contributed by atoms with Crippen molar-refractivity contribution in [2.24, 2.45) is 5.92 Å². The number of hydrogen-bond donors (Lipinski definition) is 2. The molecule has 0 aromatic carbocycles. The fourth-order valence-corrected chi connectivity index (χ4v) is 1.95. The first-order valence-corrected chi connectivity index (χ1v) is 5.39. The molecule has 2 N–H and O–H groups in total. The van der Waals surface area contributed by atoms with Gasteiger partial charge in [0.25, 0.3) is 0 Å². The summed E-state index contributed by atoms with van der Waals surface area (Å²) in [4.78, 5) is 0. The topological polar surface area (TPSA) is 24.1 Å². The molecule has 1 heterocycles. The van der Waals surface area contributed by atoms with Gasteiger partial charge in [-0.15, -0.1) is 0 Å². The van der Waals surface area contributed by atoms with Gasteiger partial charge in [0, 0.05) is 6.04 Å². The molecule has 1 aliphatic carbocycles. The second kappa shape index (κ2) is 4.24. The lowest BCUT2D eigenvalue weighted by molar-refractivity contribution is 0.352. The maximum Gasteiger partial charge on any atom is 0.00682 e. The Balaban J connectivity index is 1.52. The molecule has 2 heteroatoms. The lowest BCUT2D eigenvalue weighted by atomic mass is 9.96. The molecule has 0 bridgehead atoms. The molecule has 0 aromatic rings. The van der Waals surface area contributed by atoms with Crippen LogP contribution in [0.1, 0.15) is 32.1 Å². The smallest absolute Gasteiger partial charge is 0.00682 e. The molecule has 2 fully saturated rings. The van der Waals surface area contributed by atoms with E-state index in [2.05, 4.69) is 10.6 Å². The van der Waals surface area contributed by atoms with Gasteiger partial charge in [0.1, 0.15) is 0 Å². The van der Waals surface area contributed by atoms with Crippen LogP contribution in [0.2, 0.25) is 0 Å². The first-order chi connectivity index (χ1) is 5.95. The summed E-state index contributed by atoms with van der Waals surface area (Å²) in [5.74, 6) is 0.949. The van der Waals surface area contributed by atoms with Gasteiger partial charge in [0.2, 0.25) is 0 Å². The highest BCUT2D eigenvalue weighted by molar-refractivity contribution is 4.81. The fourth-order valence-electron chi connectivity index (χ4n) is 1.95. The quantitative estimate of drug-likeness (QED) is 0.657. The molecule has 0 amide bonds. The van der Waals surface area contributed by atoms with E-state index >= 15 is 0 Å². The van der Waals surface area contributed by atoms with Crippen LogP contribution in [0.25, 0.3) is 0 Å². The minimum Gasteiger partial charge on any atom is -0.316 e. The van der Waals surface area contributed by atoms with Gasteiger partial charge >= 0.3 is 0 Å². The van der Waals surface area contributed by atoms with Crippen LogP contribution in [0.3, 0.4) is 0 Å². The highest BCUT2D eigenvalue weighted by Crippen LogP contribution is 2.19. The first kappa shape index (κ1) is 8.52. The molecule has 2 rings (SSSR count). The molecular weight excluding hydrogens is 148 g/mol. The summed E-state index contributed by atoms with van der Waals surface area (Å²) in [7, 11) is 0. The Morgan fingerprint density at radius 3 is 2.83 bits per heavy atom. The van der Waals surface area contributed by atoms with E-state index in [0.717, 1.165) is 12.0 Å². The van der Waals surface area contributed by atoms with Crippen molar-refractivity contribution >= 4 is 0 Å². The lowest BCUT2D eigenvalue weighted by Gasteiger charge is -2.22. The minimum atomic E-state index is 0.890. The summed E-state index contributed by atoms with van der Waals surface area (Å²) in [6, 6.07) is 0.890. The molecule has 0 spiro atoms. The average molecular weight is 168 g/mol. The van der Waals surface area contributed by atoms with Crippen molar-refractivity contribution in [1.82, 2.24) is 10.6 Å². The summed E-state index contributed by atoms with van der Waals surface area (Å²) in [5, 5.41) is 7.04. The predicted octanol–water partition coefficient (Wildman–Crippen LogP) is 1.13. The molecule has 1 atom stereocenters. The summed E-state index contributed by atoms with van der Waals surface area (Å²) in [6.45, 7) is 3.75. The van der Waals surface area contributed by atoms with E-state index in [1.807, 2.05) is 0 Å². The van der Waals surface area contributed by atoms with E-state index in [0.29, 0.717) is 0 Å². The van der Waals surface area contributed by atoms with Crippen LogP contribution in [0, 0.1) is 5.92 Å². The van der Waals surface area contributed by atoms with Crippen molar-refractivity contribution in [3.8, 4) is 0 Å². The Hall–Kier alpha value is -0.0800. The number of nitrogens with one attached hydrogen (secondary N) is 2. The molecule has 0 aromatic heterocycles. The molecule has 2 nitrogen and oxygen atoms in total. The van der Waals surface area contributed by atoms with Crippen LogP contribution < -0.4 is 10.6 Å². The molecular formula is C10H20N2. The van der Waals surface area contributed by atoms with Crippen LogP contribution in [-0.2, 0) is 0 Å². The summed E-state index contributed by atoms with van der Waals surface area (Å²) < 4.78 is 0. The van der Waals surface area contributed by atoms with Crippen molar-refractivity contribution < 1.29 is 0 Å². The largest absolute Gasteiger partial charge is 0.316 e. The molecule has 1 unspecified atom stereocenters. The SMILES string of the molecule is C1CNCC(CCNC2CC2)C1. The van der Waals surface area contributed by atoms with E-state index in [9.17, 15) is 0 Å². The minimum absolute atomic E-state index is 0.890. The number of rotatable bonds is 4. The van der Waals surface area contributed by atoms with Gasteiger partial charge in [0.15, 0.2) is 0 Å². The van der Waals surface area contributed by atoms with Crippen LogP contribution in [0.15, 0.2) is 0 Å². The fraction of sp³-hybridized carbons (Fsp3) is 1.00. The zero-order valence-corrected chi connectivity index (χ0v) is 7.81.